The van der Waals surface area contributed by atoms with E-state index in [9.17, 15) is 14.7 Å². The molecule has 8 nitrogen and oxygen atoms in total. The molecular weight excluding hydrogens is 646 g/mol. The Morgan fingerprint density at radius 3 is 2.46 bits per heavy atom. The Kier molecular flexibility index (Phi) is 10.3. The molecule has 9 heteroatoms. The van der Waals surface area contributed by atoms with E-state index in [1.54, 1.807) is 26.9 Å². The molecule has 0 saturated carbocycles. The first-order chi connectivity index (χ1) is 22.0. The molecule has 8 atom stereocenters. The van der Waals surface area contributed by atoms with Crippen molar-refractivity contribution in [3.05, 3.63) is 90.5 Å². The third-order valence-electron chi connectivity index (χ3n) is 10.2. The van der Waals surface area contributed by atoms with Crippen molar-refractivity contribution in [2.75, 3.05) is 24.6 Å². The van der Waals surface area contributed by atoms with Gasteiger partial charge in [0, 0.05) is 30.1 Å². The highest BCUT2D eigenvalue weighted by molar-refractivity contribution is 9.09. The summed E-state index contributed by atoms with van der Waals surface area (Å²) < 4.78 is 6.83. The molecule has 3 amide bonds. The predicted octanol–water partition coefficient (Wildman–Crippen LogP) is 5.19. The van der Waals surface area contributed by atoms with Crippen LogP contribution in [-0.4, -0.2) is 80.9 Å². The summed E-state index contributed by atoms with van der Waals surface area (Å²) in [5.41, 5.74) is 2.35. The summed E-state index contributed by atoms with van der Waals surface area (Å²) in [6.45, 7) is 16.3. The van der Waals surface area contributed by atoms with Crippen LogP contribution in [-0.2, 0) is 25.7 Å². The Hall–Kier alpha value is -3.27. The highest BCUT2D eigenvalue weighted by Gasteiger charge is 2.77. The van der Waals surface area contributed by atoms with Crippen molar-refractivity contribution < 1.29 is 24.2 Å². The van der Waals surface area contributed by atoms with E-state index in [4.69, 9.17) is 4.74 Å². The van der Waals surface area contributed by atoms with Gasteiger partial charge in [-0.15, -0.1) is 13.2 Å². The smallest absolute Gasteiger partial charge is 0.253 e. The monoisotopic (exact) mass is 691 g/mol. The quantitative estimate of drug-likeness (QED) is 0.231. The number of carbonyl (C=O) groups excluding carboxylic acids is 3. The molecular formula is C37H46BrN3O5. The van der Waals surface area contributed by atoms with E-state index in [1.807, 2.05) is 76.2 Å². The molecule has 46 heavy (non-hydrogen) atoms. The first-order valence-electron chi connectivity index (χ1n) is 16.2. The van der Waals surface area contributed by atoms with E-state index in [-0.39, 0.29) is 41.6 Å². The van der Waals surface area contributed by atoms with Crippen LogP contribution in [0.15, 0.2) is 73.8 Å². The number of aliphatic hydroxyl groups is 1. The number of hydrogen-bond donors (Lipinski definition) is 1. The number of aryl methyl sites for hydroxylation is 2. The maximum atomic E-state index is 15.1. The zero-order valence-corrected chi connectivity index (χ0v) is 28.9. The van der Waals surface area contributed by atoms with E-state index >= 15 is 4.79 Å². The van der Waals surface area contributed by atoms with Crippen LogP contribution in [0.1, 0.15) is 43.4 Å². The van der Waals surface area contributed by atoms with Crippen LogP contribution in [0, 0.1) is 31.6 Å². The Morgan fingerprint density at radius 2 is 1.83 bits per heavy atom. The number of anilines is 1. The van der Waals surface area contributed by atoms with Gasteiger partial charge in [-0.3, -0.25) is 14.4 Å². The molecule has 1 N–H and O–H groups in total. The molecule has 0 radical (unpaired) electrons. The molecule has 3 aliphatic rings. The Bertz CT molecular complexity index is 1480. The molecule has 5 rings (SSSR count). The van der Waals surface area contributed by atoms with Crippen molar-refractivity contribution in [2.45, 2.75) is 75.7 Å². The van der Waals surface area contributed by atoms with Crippen molar-refractivity contribution in [3.63, 3.8) is 0 Å². The van der Waals surface area contributed by atoms with E-state index in [0.717, 1.165) is 22.4 Å². The normalized spacial score (nSPS) is 27.7. The van der Waals surface area contributed by atoms with Crippen LogP contribution in [0.2, 0.25) is 0 Å². The van der Waals surface area contributed by atoms with Gasteiger partial charge in [0.1, 0.15) is 11.6 Å². The number of rotatable bonds is 13. The molecule has 2 bridgehead atoms. The largest absolute Gasteiger partial charge is 0.394 e. The van der Waals surface area contributed by atoms with E-state index in [2.05, 4.69) is 29.1 Å². The van der Waals surface area contributed by atoms with Gasteiger partial charge in [-0.2, -0.15) is 0 Å². The number of nitrogens with zero attached hydrogens (tertiary/aromatic N) is 3. The van der Waals surface area contributed by atoms with Crippen LogP contribution >= 0.6 is 15.9 Å². The summed E-state index contributed by atoms with van der Waals surface area (Å²) in [5, 5.41) is 10.8. The first kappa shape index (κ1) is 34.1. The lowest BCUT2D eigenvalue weighted by Crippen LogP contribution is -2.60. The van der Waals surface area contributed by atoms with Crippen molar-refractivity contribution in [1.82, 2.24) is 9.80 Å². The summed E-state index contributed by atoms with van der Waals surface area (Å²) in [6, 6.07) is 14.0. The highest BCUT2D eigenvalue weighted by atomic mass is 79.9. The number of aliphatic hydroxyl groups excluding tert-OH is 1. The molecule has 246 valence electrons. The zero-order chi connectivity index (χ0) is 33.3. The standard InChI is InChI=1S/C37H46BrN3O5/c1-7-17-39(21-26-13-11-10-12-14-26)34(43)30-31-35(44)41(29(22-42)24(5)9-3)33(37(31)20-27(38)32(30)46-37)36(45)40(18-8-2)28-19-23(4)15-16-25(28)6/h7-8,10-16,19,24,27,29-33,42H,1-2,9,17-18,20-22H2,3-6H3/t24-,27?,29-,30-,31-,32-,33?,37?/m0/s1. The fourth-order valence-electron chi connectivity index (χ4n) is 7.80. The topological polar surface area (TPSA) is 90.4 Å². The Balaban J connectivity index is 1.63. The maximum Gasteiger partial charge on any atom is 0.253 e. The molecule has 1 spiro atoms. The number of alkyl halides is 1. The van der Waals surface area contributed by atoms with Crippen LogP contribution in [0.25, 0.3) is 0 Å². The van der Waals surface area contributed by atoms with Crippen molar-refractivity contribution in [3.8, 4) is 0 Å². The number of benzene rings is 2. The summed E-state index contributed by atoms with van der Waals surface area (Å²) in [6.07, 6.45) is 3.85. The Morgan fingerprint density at radius 1 is 1.13 bits per heavy atom. The fourth-order valence-corrected chi connectivity index (χ4v) is 8.74. The molecule has 3 fully saturated rings. The van der Waals surface area contributed by atoms with Gasteiger partial charge in [0.25, 0.3) is 5.91 Å². The molecule has 2 aromatic carbocycles. The molecule has 2 aromatic rings. The van der Waals surface area contributed by atoms with E-state index in [0.29, 0.717) is 25.9 Å². The number of fused-ring (bicyclic) bond motifs is 1. The number of hydrogen-bond acceptors (Lipinski definition) is 5. The van der Waals surface area contributed by atoms with Crippen LogP contribution in [0.4, 0.5) is 5.69 Å². The van der Waals surface area contributed by atoms with Gasteiger partial charge in [0.05, 0.1) is 30.6 Å². The van der Waals surface area contributed by atoms with Crippen LogP contribution in [0.3, 0.4) is 0 Å². The number of halogens is 1. The summed E-state index contributed by atoms with van der Waals surface area (Å²) in [5.74, 6) is -2.59. The van der Waals surface area contributed by atoms with Crippen molar-refractivity contribution in [2.24, 2.45) is 17.8 Å². The van der Waals surface area contributed by atoms with Gasteiger partial charge in [-0.1, -0.05) is 90.8 Å². The lowest BCUT2D eigenvalue weighted by molar-refractivity contribution is -0.148. The molecule has 3 saturated heterocycles. The average Bonchev–Trinajstić information content (AvgIpc) is 3.64. The summed E-state index contributed by atoms with van der Waals surface area (Å²) >= 11 is 3.80. The Labute approximate surface area is 281 Å². The van der Waals surface area contributed by atoms with Gasteiger partial charge in [-0.25, -0.2) is 0 Å². The number of likely N-dealkylation sites (tertiary alicyclic amines) is 1. The third kappa shape index (κ3) is 5.75. The predicted molar refractivity (Wildman–Crippen MR) is 183 cm³/mol. The molecule has 3 heterocycles. The number of carbonyl (C=O) groups is 3. The molecule has 0 aromatic heterocycles. The van der Waals surface area contributed by atoms with Crippen molar-refractivity contribution >= 4 is 39.3 Å². The molecule has 3 aliphatic heterocycles. The van der Waals surface area contributed by atoms with Crippen LogP contribution < -0.4 is 4.90 Å². The van der Waals surface area contributed by atoms with Gasteiger partial charge < -0.3 is 24.5 Å². The summed E-state index contributed by atoms with van der Waals surface area (Å²) in [7, 11) is 0. The molecule has 0 aliphatic carbocycles. The van der Waals surface area contributed by atoms with Gasteiger partial charge >= 0.3 is 0 Å². The maximum absolute atomic E-state index is 15.1. The zero-order valence-electron chi connectivity index (χ0n) is 27.3. The third-order valence-corrected chi connectivity index (χ3v) is 11.0. The van der Waals surface area contributed by atoms with Gasteiger partial charge in [0.15, 0.2) is 0 Å². The van der Waals surface area contributed by atoms with Gasteiger partial charge in [0.2, 0.25) is 11.8 Å². The lowest BCUT2D eigenvalue weighted by Gasteiger charge is -2.41. The first-order valence-corrected chi connectivity index (χ1v) is 17.1. The minimum absolute atomic E-state index is 0.102. The second kappa shape index (κ2) is 13.8. The van der Waals surface area contributed by atoms with Crippen LogP contribution in [0.5, 0.6) is 0 Å². The van der Waals surface area contributed by atoms with E-state index < -0.39 is 35.6 Å². The molecule has 3 unspecified atom stereocenters. The minimum atomic E-state index is -1.25. The van der Waals surface area contributed by atoms with Crippen molar-refractivity contribution in [1.29, 1.82) is 0 Å². The average molecular weight is 693 g/mol. The second-order valence-electron chi connectivity index (χ2n) is 13.1. The minimum Gasteiger partial charge on any atom is -0.394 e. The SMILES string of the molecule is C=CCN(Cc1ccccc1)C(=O)[C@H]1[C@H]2C(=O)N([C@@H](CO)[C@@H](C)CC)C(C(=O)N(CC=C)c3cc(C)ccc3C)C23CC(Br)[C@@H]1O3. The lowest BCUT2D eigenvalue weighted by atomic mass is 9.70. The summed E-state index contributed by atoms with van der Waals surface area (Å²) in [4.78, 5) is 49.2. The second-order valence-corrected chi connectivity index (χ2v) is 14.2. The number of ether oxygens (including phenoxy) is 1. The fraction of sp³-hybridized carbons (Fsp3) is 0.486. The highest BCUT2D eigenvalue weighted by Crippen LogP contribution is 2.61. The van der Waals surface area contributed by atoms with E-state index in [1.165, 1.54) is 0 Å². The van der Waals surface area contributed by atoms with Gasteiger partial charge in [-0.05, 0) is 48.9 Å². The number of amides is 3.